The van der Waals surface area contributed by atoms with E-state index < -0.39 is 0 Å². The number of fused-ring (bicyclic) bond motifs is 4. The van der Waals surface area contributed by atoms with Crippen LogP contribution in [0.1, 0.15) is 76.3 Å². The molecule has 0 radical (unpaired) electrons. The second-order valence-corrected chi connectivity index (χ2v) is 9.10. The fourth-order valence-corrected chi connectivity index (χ4v) is 5.83. The number of amides is 2. The van der Waals surface area contributed by atoms with Gasteiger partial charge < -0.3 is 5.11 Å². The summed E-state index contributed by atoms with van der Waals surface area (Å²) in [5.41, 5.74) is 3.61. The van der Waals surface area contributed by atoms with Crippen LogP contribution in [0.25, 0.3) is 0 Å². The number of imide groups is 1. The number of carbonyl (C=O) groups excluding carboxylic acids is 2. The molecule has 6 heteroatoms. The van der Waals surface area contributed by atoms with Gasteiger partial charge in [0, 0.05) is 18.5 Å². The van der Waals surface area contributed by atoms with Gasteiger partial charge in [0.15, 0.2) is 0 Å². The number of carbonyl (C=O) groups is 2. The van der Waals surface area contributed by atoms with Gasteiger partial charge >= 0.3 is 0 Å². The Hall–Kier alpha value is -2.37. The Bertz CT molecular complexity index is 973. The molecule has 5 rings (SSSR count). The van der Waals surface area contributed by atoms with Crippen molar-refractivity contribution in [2.45, 2.75) is 56.9 Å². The fourth-order valence-electron chi connectivity index (χ4n) is 5.83. The maximum absolute atomic E-state index is 12.4. The number of halogens is 1. The highest BCUT2D eigenvalue weighted by Crippen LogP contribution is 2.43. The average Bonchev–Trinajstić information content (AvgIpc) is 3.31. The number of benzene rings is 2. The predicted octanol–water partition coefficient (Wildman–Crippen LogP) is 4.77. The molecule has 0 spiro atoms. The first-order chi connectivity index (χ1) is 15.1. The van der Waals surface area contributed by atoms with Crippen molar-refractivity contribution in [1.82, 2.24) is 9.80 Å². The zero-order valence-electron chi connectivity index (χ0n) is 18.3. The summed E-state index contributed by atoms with van der Waals surface area (Å²) >= 11 is 0. The zero-order valence-corrected chi connectivity index (χ0v) is 19.2. The summed E-state index contributed by atoms with van der Waals surface area (Å²) in [6.45, 7) is 2.77. The van der Waals surface area contributed by atoms with E-state index in [4.69, 9.17) is 0 Å². The molecule has 0 aromatic heterocycles. The summed E-state index contributed by atoms with van der Waals surface area (Å²) in [6.07, 6.45) is 7.46. The third kappa shape index (κ3) is 4.04. The number of nitrogens with zero attached hydrogens (tertiary/aromatic N) is 2. The lowest BCUT2D eigenvalue weighted by Gasteiger charge is -2.33. The number of aromatic hydroxyl groups is 1. The average molecular weight is 455 g/mol. The van der Waals surface area contributed by atoms with Crippen LogP contribution in [0.15, 0.2) is 42.5 Å². The van der Waals surface area contributed by atoms with Gasteiger partial charge in [-0.2, -0.15) is 0 Å². The van der Waals surface area contributed by atoms with Crippen molar-refractivity contribution in [1.29, 1.82) is 0 Å². The van der Waals surface area contributed by atoms with Crippen molar-refractivity contribution >= 4 is 24.2 Å². The van der Waals surface area contributed by atoms with E-state index in [0.717, 1.165) is 51.6 Å². The number of unbranched alkanes of at least 4 members (excludes halogenated alkanes) is 3. The number of likely N-dealkylation sites (tertiary alicyclic amines) is 1. The fraction of sp³-hybridized carbons (Fsp3) is 0.462. The molecule has 1 aliphatic carbocycles. The van der Waals surface area contributed by atoms with Gasteiger partial charge in [-0.05, 0) is 74.5 Å². The van der Waals surface area contributed by atoms with E-state index in [9.17, 15) is 14.7 Å². The van der Waals surface area contributed by atoms with E-state index >= 15 is 0 Å². The maximum atomic E-state index is 12.4. The third-order valence-electron chi connectivity index (χ3n) is 7.39. The van der Waals surface area contributed by atoms with Crippen LogP contribution in [0, 0.1) is 0 Å². The van der Waals surface area contributed by atoms with Crippen molar-refractivity contribution in [3.05, 3.63) is 64.7 Å². The Kier molecular flexibility index (Phi) is 6.87. The highest BCUT2D eigenvalue weighted by atomic mass is 35.5. The maximum Gasteiger partial charge on any atom is 0.261 e. The molecule has 1 saturated heterocycles. The molecule has 2 atom stereocenters. The quantitative estimate of drug-likeness (QED) is 0.483. The Morgan fingerprint density at radius 2 is 1.53 bits per heavy atom. The van der Waals surface area contributed by atoms with Crippen LogP contribution in [-0.4, -0.2) is 52.4 Å². The zero-order chi connectivity index (χ0) is 21.4. The van der Waals surface area contributed by atoms with Crippen LogP contribution in [0.3, 0.4) is 0 Å². The second kappa shape index (κ2) is 9.63. The van der Waals surface area contributed by atoms with Gasteiger partial charge in [0.25, 0.3) is 11.8 Å². The highest BCUT2D eigenvalue weighted by molar-refractivity contribution is 6.21. The van der Waals surface area contributed by atoms with E-state index in [0.29, 0.717) is 35.4 Å². The summed E-state index contributed by atoms with van der Waals surface area (Å²) in [5.74, 6) is 0.733. The summed E-state index contributed by atoms with van der Waals surface area (Å²) in [5, 5.41) is 10.2. The van der Waals surface area contributed by atoms with Crippen LogP contribution in [-0.2, 0) is 6.42 Å². The lowest BCUT2D eigenvalue weighted by Crippen LogP contribution is -2.35. The molecule has 32 heavy (non-hydrogen) atoms. The molecular formula is C26H31ClN2O3. The summed E-state index contributed by atoms with van der Waals surface area (Å²) in [6, 6.07) is 13.7. The van der Waals surface area contributed by atoms with Gasteiger partial charge in [-0.3, -0.25) is 19.4 Å². The molecule has 2 aromatic carbocycles. The van der Waals surface area contributed by atoms with E-state index in [1.165, 1.54) is 22.4 Å². The highest BCUT2D eigenvalue weighted by Gasteiger charge is 2.39. The first-order valence-electron chi connectivity index (χ1n) is 11.6. The first kappa shape index (κ1) is 22.8. The van der Waals surface area contributed by atoms with Crippen molar-refractivity contribution in [2.75, 3.05) is 19.6 Å². The largest absolute Gasteiger partial charge is 0.508 e. The smallest absolute Gasteiger partial charge is 0.261 e. The van der Waals surface area contributed by atoms with Gasteiger partial charge in [0.2, 0.25) is 0 Å². The lowest BCUT2D eigenvalue weighted by molar-refractivity contribution is 0.0651. The molecule has 2 heterocycles. The molecule has 0 unspecified atom stereocenters. The Morgan fingerprint density at radius 3 is 2.25 bits per heavy atom. The van der Waals surface area contributed by atoms with Gasteiger partial charge in [0.1, 0.15) is 5.75 Å². The van der Waals surface area contributed by atoms with Gasteiger partial charge in [-0.25, -0.2) is 0 Å². The summed E-state index contributed by atoms with van der Waals surface area (Å²) < 4.78 is 0. The molecular weight excluding hydrogens is 424 g/mol. The minimum Gasteiger partial charge on any atom is -0.508 e. The second-order valence-electron chi connectivity index (χ2n) is 9.10. The summed E-state index contributed by atoms with van der Waals surface area (Å²) in [4.78, 5) is 28.9. The topological polar surface area (TPSA) is 60.9 Å². The Balaban J connectivity index is 0.00000245. The molecule has 2 amide bonds. The normalized spacial score (nSPS) is 21.8. The number of hydrogen-bond acceptors (Lipinski definition) is 4. The standard InChI is InChI=1S/C26H30N2O3.ClH/c29-24-11-7-10-18-19-14-17-27(23(19)13-12-20(18)24)15-5-1-2-6-16-28-25(30)21-8-3-4-9-22(21)26(28)31;/h3-4,7-11,19,23,29H,1-2,5-6,12-17H2;1H/t19-,23+;/m0./s1. The third-order valence-corrected chi connectivity index (χ3v) is 7.39. The number of phenolic OH excluding ortho intramolecular Hbond substituents is 1. The predicted molar refractivity (Wildman–Crippen MR) is 127 cm³/mol. The Labute approximate surface area is 195 Å². The lowest BCUT2D eigenvalue weighted by atomic mass is 9.79. The molecule has 3 aliphatic rings. The SMILES string of the molecule is Cl.O=C1c2ccccc2C(=O)N1CCCCCCN1CC[C@H]2c3cccc(O)c3CC[C@H]21. The van der Waals surface area contributed by atoms with Crippen LogP contribution in [0.2, 0.25) is 0 Å². The first-order valence-corrected chi connectivity index (χ1v) is 11.6. The van der Waals surface area contributed by atoms with E-state index in [-0.39, 0.29) is 24.2 Å². The molecule has 1 N–H and O–H groups in total. The molecule has 170 valence electrons. The van der Waals surface area contributed by atoms with Crippen molar-refractivity contribution in [3.8, 4) is 5.75 Å². The van der Waals surface area contributed by atoms with Crippen LogP contribution < -0.4 is 0 Å². The van der Waals surface area contributed by atoms with Crippen molar-refractivity contribution in [2.24, 2.45) is 0 Å². The van der Waals surface area contributed by atoms with Gasteiger partial charge in [-0.15, -0.1) is 12.4 Å². The van der Waals surface area contributed by atoms with Crippen LogP contribution in [0.5, 0.6) is 5.75 Å². The summed E-state index contributed by atoms with van der Waals surface area (Å²) in [7, 11) is 0. The van der Waals surface area contributed by atoms with E-state index in [1.807, 2.05) is 24.3 Å². The molecule has 1 fully saturated rings. The number of phenols is 1. The van der Waals surface area contributed by atoms with Gasteiger partial charge in [-0.1, -0.05) is 37.1 Å². The molecule has 5 nitrogen and oxygen atoms in total. The van der Waals surface area contributed by atoms with Crippen LogP contribution >= 0.6 is 12.4 Å². The molecule has 2 aliphatic heterocycles. The Morgan fingerprint density at radius 1 is 0.844 bits per heavy atom. The minimum absolute atomic E-state index is 0. The molecule has 0 bridgehead atoms. The molecule has 0 saturated carbocycles. The monoisotopic (exact) mass is 454 g/mol. The molecule has 2 aromatic rings. The number of hydrogen-bond donors (Lipinski definition) is 1. The van der Waals surface area contributed by atoms with Gasteiger partial charge in [0.05, 0.1) is 11.1 Å². The number of rotatable bonds is 7. The van der Waals surface area contributed by atoms with Crippen molar-refractivity contribution in [3.63, 3.8) is 0 Å². The van der Waals surface area contributed by atoms with Crippen LogP contribution in [0.4, 0.5) is 0 Å². The van der Waals surface area contributed by atoms with E-state index in [1.54, 1.807) is 12.1 Å². The van der Waals surface area contributed by atoms with E-state index in [2.05, 4.69) is 11.0 Å². The minimum atomic E-state index is -0.146. The van der Waals surface area contributed by atoms with Crippen molar-refractivity contribution < 1.29 is 14.7 Å².